The van der Waals surface area contributed by atoms with E-state index in [1.165, 1.54) is 30.4 Å². The van der Waals surface area contributed by atoms with Gasteiger partial charge in [0.1, 0.15) is 18.3 Å². The zero-order valence-corrected chi connectivity index (χ0v) is 18.0. The molecule has 1 heterocycles. The van der Waals surface area contributed by atoms with E-state index in [0.717, 1.165) is 12.3 Å². The number of sulfonamides is 1. The third kappa shape index (κ3) is 7.18. The van der Waals surface area contributed by atoms with Crippen molar-refractivity contribution in [1.29, 1.82) is 0 Å². The van der Waals surface area contributed by atoms with Gasteiger partial charge in [-0.25, -0.2) is 22.2 Å². The standard InChI is InChI=1S/C21H24F2N4O3S/c1-4-15-10-14(11-18(23)20(15)27-31(3,29)30)13-25-19(28)9-7-16-6-8-17(12-22)26-21(16)24-5-2/h4,6-11,27H,1,5,12-13H2,2-3H3,(H,24,26)(H,25,28)/b9-7+. The van der Waals surface area contributed by atoms with Crippen molar-refractivity contribution in [1.82, 2.24) is 10.3 Å². The molecule has 0 aliphatic heterocycles. The van der Waals surface area contributed by atoms with E-state index in [0.29, 0.717) is 23.5 Å². The molecule has 0 atom stereocenters. The van der Waals surface area contributed by atoms with E-state index in [9.17, 15) is 22.0 Å². The van der Waals surface area contributed by atoms with Crippen molar-refractivity contribution in [3.63, 3.8) is 0 Å². The van der Waals surface area contributed by atoms with Gasteiger partial charge in [-0.15, -0.1) is 0 Å². The zero-order valence-electron chi connectivity index (χ0n) is 17.2. The molecule has 0 saturated carbocycles. The minimum atomic E-state index is -3.66. The predicted molar refractivity (Wildman–Crippen MR) is 119 cm³/mol. The Balaban J connectivity index is 2.11. The highest BCUT2D eigenvalue weighted by Crippen LogP contribution is 2.24. The molecular formula is C21H24F2N4O3S. The van der Waals surface area contributed by atoms with Crippen LogP contribution in [0.2, 0.25) is 0 Å². The van der Waals surface area contributed by atoms with Gasteiger partial charge in [-0.05, 0) is 42.8 Å². The molecule has 0 fully saturated rings. The van der Waals surface area contributed by atoms with Crippen molar-refractivity contribution in [2.75, 3.05) is 22.8 Å². The molecule has 2 aromatic rings. The molecule has 0 spiro atoms. The Morgan fingerprint density at radius 2 is 2.00 bits per heavy atom. The van der Waals surface area contributed by atoms with Crippen molar-refractivity contribution in [2.24, 2.45) is 0 Å². The molecule has 166 valence electrons. The fraction of sp³-hybridized carbons (Fsp3) is 0.238. The number of rotatable bonds is 10. The maximum Gasteiger partial charge on any atom is 0.244 e. The summed E-state index contributed by atoms with van der Waals surface area (Å²) in [5.74, 6) is -0.749. The lowest BCUT2D eigenvalue weighted by atomic mass is 10.1. The number of carbonyl (C=O) groups excluding carboxylic acids is 1. The Kier molecular flexibility index (Phi) is 8.26. The van der Waals surface area contributed by atoms with Crippen LogP contribution in [0.3, 0.4) is 0 Å². The molecule has 0 aliphatic carbocycles. The van der Waals surface area contributed by atoms with Gasteiger partial charge in [0, 0.05) is 30.3 Å². The van der Waals surface area contributed by atoms with Gasteiger partial charge < -0.3 is 10.6 Å². The molecule has 0 aliphatic rings. The lowest BCUT2D eigenvalue weighted by molar-refractivity contribution is -0.116. The number of hydrogen-bond acceptors (Lipinski definition) is 5. The van der Waals surface area contributed by atoms with Crippen LogP contribution in [-0.2, 0) is 28.0 Å². The number of hydrogen-bond donors (Lipinski definition) is 3. The van der Waals surface area contributed by atoms with Gasteiger partial charge in [-0.1, -0.05) is 12.7 Å². The third-order valence-electron chi connectivity index (χ3n) is 4.03. The first-order valence-corrected chi connectivity index (χ1v) is 11.2. The normalized spacial score (nSPS) is 11.4. The first-order chi connectivity index (χ1) is 14.7. The summed E-state index contributed by atoms with van der Waals surface area (Å²) in [5.41, 5.74) is 1.37. The Morgan fingerprint density at radius 3 is 2.61 bits per heavy atom. The lowest BCUT2D eigenvalue weighted by Crippen LogP contribution is -2.20. The number of nitrogens with one attached hydrogen (secondary N) is 3. The van der Waals surface area contributed by atoms with Gasteiger partial charge in [0.25, 0.3) is 0 Å². The number of alkyl halides is 1. The van der Waals surface area contributed by atoms with Crippen LogP contribution in [0.4, 0.5) is 20.3 Å². The number of amides is 1. The molecule has 0 bridgehead atoms. The highest BCUT2D eigenvalue weighted by atomic mass is 32.2. The number of nitrogens with zero attached hydrogens (tertiary/aromatic N) is 1. The molecule has 0 radical (unpaired) electrons. The summed E-state index contributed by atoms with van der Waals surface area (Å²) in [6, 6.07) is 5.84. The lowest BCUT2D eigenvalue weighted by Gasteiger charge is -2.12. The van der Waals surface area contributed by atoms with Gasteiger partial charge in [-0.2, -0.15) is 0 Å². The zero-order chi connectivity index (χ0) is 23.0. The van der Waals surface area contributed by atoms with Crippen molar-refractivity contribution in [3.8, 4) is 0 Å². The summed E-state index contributed by atoms with van der Waals surface area (Å²) in [5, 5.41) is 5.64. The Hall–Kier alpha value is -3.27. The minimum absolute atomic E-state index is 0.0131. The first kappa shape index (κ1) is 24.0. The number of carbonyl (C=O) groups is 1. The summed E-state index contributed by atoms with van der Waals surface area (Å²) >= 11 is 0. The largest absolute Gasteiger partial charge is 0.370 e. The molecule has 0 unspecified atom stereocenters. The molecular weight excluding hydrogens is 426 g/mol. The maximum atomic E-state index is 14.4. The van der Waals surface area contributed by atoms with Crippen LogP contribution in [0.1, 0.15) is 29.3 Å². The summed E-state index contributed by atoms with van der Waals surface area (Å²) in [4.78, 5) is 16.3. The van der Waals surface area contributed by atoms with Crippen LogP contribution >= 0.6 is 0 Å². The maximum absolute atomic E-state index is 14.4. The minimum Gasteiger partial charge on any atom is -0.370 e. The average molecular weight is 451 g/mol. The summed E-state index contributed by atoms with van der Waals surface area (Å²) in [6.07, 6.45) is 5.06. The molecule has 2 rings (SSSR count). The highest BCUT2D eigenvalue weighted by Gasteiger charge is 2.13. The molecule has 0 saturated heterocycles. The number of anilines is 2. The van der Waals surface area contributed by atoms with Crippen molar-refractivity contribution >= 4 is 39.6 Å². The highest BCUT2D eigenvalue weighted by molar-refractivity contribution is 7.92. The first-order valence-electron chi connectivity index (χ1n) is 9.35. The van der Waals surface area contributed by atoms with Gasteiger partial charge in [0.05, 0.1) is 17.6 Å². The summed E-state index contributed by atoms with van der Waals surface area (Å²) < 4.78 is 52.1. The average Bonchev–Trinajstić information content (AvgIpc) is 2.72. The second kappa shape index (κ2) is 10.7. The second-order valence-electron chi connectivity index (χ2n) is 6.58. The Labute approximate surface area is 180 Å². The van der Waals surface area contributed by atoms with Crippen LogP contribution in [0.5, 0.6) is 0 Å². The molecule has 1 aromatic carbocycles. The number of aromatic nitrogens is 1. The van der Waals surface area contributed by atoms with E-state index in [1.807, 2.05) is 6.92 Å². The van der Waals surface area contributed by atoms with Crippen LogP contribution in [-0.4, -0.2) is 32.1 Å². The van der Waals surface area contributed by atoms with E-state index in [2.05, 4.69) is 26.9 Å². The van der Waals surface area contributed by atoms with Crippen LogP contribution in [0, 0.1) is 5.82 Å². The monoisotopic (exact) mass is 450 g/mol. The number of benzene rings is 1. The summed E-state index contributed by atoms with van der Waals surface area (Å²) in [7, 11) is -3.66. The molecule has 1 aromatic heterocycles. The van der Waals surface area contributed by atoms with E-state index in [1.54, 1.807) is 6.07 Å². The van der Waals surface area contributed by atoms with E-state index >= 15 is 0 Å². The predicted octanol–water partition coefficient (Wildman–Crippen LogP) is 3.47. The molecule has 31 heavy (non-hydrogen) atoms. The van der Waals surface area contributed by atoms with E-state index in [-0.39, 0.29) is 23.5 Å². The van der Waals surface area contributed by atoms with Crippen LogP contribution < -0.4 is 15.4 Å². The van der Waals surface area contributed by atoms with Crippen molar-refractivity contribution in [3.05, 3.63) is 65.1 Å². The third-order valence-corrected chi connectivity index (χ3v) is 4.61. The summed E-state index contributed by atoms with van der Waals surface area (Å²) in [6.45, 7) is 5.34. The molecule has 1 amide bonds. The number of pyridine rings is 1. The van der Waals surface area contributed by atoms with Crippen molar-refractivity contribution < 1.29 is 22.0 Å². The molecule has 10 heteroatoms. The van der Waals surface area contributed by atoms with Crippen molar-refractivity contribution in [2.45, 2.75) is 20.1 Å². The fourth-order valence-electron chi connectivity index (χ4n) is 2.68. The van der Waals surface area contributed by atoms with Crippen LogP contribution in [0.25, 0.3) is 12.2 Å². The second-order valence-corrected chi connectivity index (χ2v) is 8.32. The molecule has 7 nitrogen and oxygen atoms in total. The van der Waals surface area contributed by atoms with Gasteiger partial charge >= 0.3 is 0 Å². The number of halogens is 2. The van der Waals surface area contributed by atoms with E-state index in [4.69, 9.17) is 0 Å². The topological polar surface area (TPSA) is 100 Å². The smallest absolute Gasteiger partial charge is 0.244 e. The van der Waals surface area contributed by atoms with E-state index < -0.39 is 28.4 Å². The van der Waals surface area contributed by atoms with Gasteiger partial charge in [-0.3, -0.25) is 9.52 Å². The SMILES string of the molecule is C=Cc1cc(CNC(=O)/C=C/c2ccc(CF)nc2NCC)cc(F)c1NS(C)(=O)=O. The Bertz CT molecular complexity index is 1100. The quantitative estimate of drug-likeness (QED) is 0.482. The molecule has 3 N–H and O–H groups in total. The van der Waals surface area contributed by atoms with Crippen LogP contribution in [0.15, 0.2) is 36.9 Å². The Morgan fingerprint density at radius 1 is 1.26 bits per heavy atom. The van der Waals surface area contributed by atoms with Gasteiger partial charge in [0.15, 0.2) is 0 Å². The fourth-order valence-corrected chi connectivity index (χ4v) is 3.27. The van der Waals surface area contributed by atoms with Gasteiger partial charge in [0.2, 0.25) is 15.9 Å².